The molecule has 0 amide bonds. The third-order valence-electron chi connectivity index (χ3n) is 3.77. The Bertz CT molecular complexity index is 370. The molecule has 0 aliphatic heterocycles. The fraction of sp³-hybridized carbons (Fsp3) is 0.571. The maximum atomic E-state index is 12.2. The third kappa shape index (κ3) is 2.31. The second-order valence-electron chi connectivity index (χ2n) is 5.43. The van der Waals surface area contributed by atoms with Crippen molar-refractivity contribution in [2.24, 2.45) is 11.3 Å². The molecule has 1 aromatic rings. The van der Waals surface area contributed by atoms with E-state index in [-0.39, 0.29) is 11.3 Å². The molecule has 1 aliphatic rings. The molecule has 1 saturated carbocycles. The van der Waals surface area contributed by atoms with E-state index < -0.39 is 0 Å². The van der Waals surface area contributed by atoms with Crippen LogP contribution in [0.2, 0.25) is 0 Å². The molecule has 2 nitrogen and oxygen atoms in total. The monoisotopic (exact) mass is 217 g/mol. The predicted molar refractivity (Wildman–Crippen MR) is 64.1 cm³/mol. The Morgan fingerprint density at radius 2 is 2.12 bits per heavy atom. The lowest BCUT2D eigenvalue weighted by atomic mass is 9.78. The van der Waals surface area contributed by atoms with Gasteiger partial charge in [-0.1, -0.05) is 20.3 Å². The number of hydrogen-bond donors (Lipinski definition) is 0. The van der Waals surface area contributed by atoms with Crippen LogP contribution in [0.5, 0.6) is 0 Å². The van der Waals surface area contributed by atoms with E-state index in [0.29, 0.717) is 12.2 Å². The van der Waals surface area contributed by atoms with Crippen LogP contribution < -0.4 is 0 Å². The summed E-state index contributed by atoms with van der Waals surface area (Å²) in [5.74, 6) is 0.648. The molecule has 86 valence electrons. The fourth-order valence-corrected chi connectivity index (χ4v) is 2.75. The van der Waals surface area contributed by atoms with Gasteiger partial charge in [0.25, 0.3) is 0 Å². The molecule has 0 saturated heterocycles. The maximum absolute atomic E-state index is 12.2. The lowest BCUT2D eigenvalue weighted by molar-refractivity contribution is -0.124. The highest BCUT2D eigenvalue weighted by Crippen LogP contribution is 2.43. The highest BCUT2D eigenvalue weighted by molar-refractivity contribution is 5.84. The smallest absolute Gasteiger partial charge is 0.140 e. The summed E-state index contributed by atoms with van der Waals surface area (Å²) in [6.45, 7) is 4.43. The quantitative estimate of drug-likeness (QED) is 0.779. The van der Waals surface area contributed by atoms with Crippen molar-refractivity contribution in [1.82, 2.24) is 4.98 Å². The normalized spacial score (nSPS) is 23.2. The minimum atomic E-state index is 0.199. The zero-order chi connectivity index (χ0) is 11.6. The Morgan fingerprint density at radius 1 is 1.44 bits per heavy atom. The van der Waals surface area contributed by atoms with Gasteiger partial charge in [0.1, 0.15) is 5.78 Å². The van der Waals surface area contributed by atoms with Gasteiger partial charge in [0.05, 0.1) is 0 Å². The molecule has 0 bridgehead atoms. The highest BCUT2D eigenvalue weighted by Gasteiger charge is 2.38. The molecule has 2 rings (SSSR count). The molecular weight excluding hydrogens is 198 g/mol. The lowest BCUT2D eigenvalue weighted by Crippen LogP contribution is -2.27. The van der Waals surface area contributed by atoms with E-state index in [4.69, 9.17) is 0 Å². The number of hydrogen-bond acceptors (Lipinski definition) is 2. The zero-order valence-corrected chi connectivity index (χ0v) is 10.1. The summed E-state index contributed by atoms with van der Waals surface area (Å²) in [6, 6.07) is 3.86. The Balaban J connectivity index is 2.04. The molecule has 1 heterocycles. The average Bonchev–Trinajstić information content (AvgIpc) is 2.59. The second-order valence-corrected chi connectivity index (χ2v) is 5.43. The summed E-state index contributed by atoms with van der Waals surface area (Å²) in [5.41, 5.74) is 1.28. The lowest BCUT2D eigenvalue weighted by Gasteiger charge is -2.25. The summed E-state index contributed by atoms with van der Waals surface area (Å²) < 4.78 is 0. The molecule has 0 aromatic carbocycles. The van der Waals surface area contributed by atoms with Crippen LogP contribution >= 0.6 is 0 Å². The van der Waals surface area contributed by atoms with E-state index in [1.54, 1.807) is 12.4 Å². The molecule has 1 aliphatic carbocycles. The molecular formula is C14H19NO. The van der Waals surface area contributed by atoms with Crippen LogP contribution in [0.15, 0.2) is 24.5 Å². The zero-order valence-electron chi connectivity index (χ0n) is 10.1. The van der Waals surface area contributed by atoms with Crippen molar-refractivity contribution in [2.45, 2.75) is 39.5 Å². The van der Waals surface area contributed by atoms with Crippen LogP contribution in [0.25, 0.3) is 0 Å². The summed E-state index contributed by atoms with van der Waals surface area (Å²) in [6.07, 6.45) is 7.51. The van der Waals surface area contributed by atoms with Gasteiger partial charge in [0.15, 0.2) is 0 Å². The van der Waals surface area contributed by atoms with Gasteiger partial charge in [-0.05, 0) is 36.0 Å². The van der Waals surface area contributed by atoms with E-state index in [0.717, 1.165) is 12.0 Å². The molecule has 1 fully saturated rings. The van der Waals surface area contributed by atoms with Crippen molar-refractivity contribution in [3.05, 3.63) is 30.1 Å². The van der Waals surface area contributed by atoms with Crippen molar-refractivity contribution in [1.29, 1.82) is 0 Å². The number of pyridine rings is 1. The van der Waals surface area contributed by atoms with Crippen LogP contribution in [0.4, 0.5) is 0 Å². The number of carbonyl (C=O) groups is 1. The molecule has 0 radical (unpaired) electrons. The van der Waals surface area contributed by atoms with E-state index in [9.17, 15) is 4.79 Å². The number of Topliss-reactive ketones (excluding diaryl/α,β-unsaturated/α-hetero) is 1. The summed E-state index contributed by atoms with van der Waals surface area (Å²) >= 11 is 0. The Hall–Kier alpha value is -1.18. The van der Waals surface area contributed by atoms with Crippen molar-refractivity contribution in [3.8, 4) is 0 Å². The highest BCUT2D eigenvalue weighted by atomic mass is 16.1. The van der Waals surface area contributed by atoms with Gasteiger partial charge in [-0.15, -0.1) is 0 Å². The first-order valence-electron chi connectivity index (χ1n) is 6.01. The van der Waals surface area contributed by atoms with Gasteiger partial charge < -0.3 is 0 Å². The summed E-state index contributed by atoms with van der Waals surface area (Å²) in [5, 5.41) is 0. The number of carbonyl (C=O) groups excluding carboxylic acids is 1. The minimum absolute atomic E-state index is 0.199. The van der Waals surface area contributed by atoms with E-state index in [1.165, 1.54) is 12.8 Å². The first kappa shape index (κ1) is 11.3. The minimum Gasteiger partial charge on any atom is -0.299 e. The maximum Gasteiger partial charge on any atom is 0.140 e. The number of nitrogens with zero attached hydrogens (tertiary/aromatic N) is 1. The predicted octanol–water partition coefficient (Wildman–Crippen LogP) is 3.02. The fourth-order valence-electron chi connectivity index (χ4n) is 2.75. The van der Waals surface area contributed by atoms with Crippen molar-refractivity contribution in [3.63, 3.8) is 0 Å². The Morgan fingerprint density at radius 3 is 2.69 bits per heavy atom. The van der Waals surface area contributed by atoms with Crippen molar-refractivity contribution < 1.29 is 4.79 Å². The van der Waals surface area contributed by atoms with Crippen LogP contribution in [0.3, 0.4) is 0 Å². The van der Waals surface area contributed by atoms with Crippen LogP contribution in [-0.2, 0) is 11.2 Å². The van der Waals surface area contributed by atoms with Crippen LogP contribution in [-0.4, -0.2) is 10.8 Å². The van der Waals surface area contributed by atoms with E-state index >= 15 is 0 Å². The van der Waals surface area contributed by atoms with Crippen molar-refractivity contribution in [2.75, 3.05) is 0 Å². The SMILES string of the molecule is CC1(C)CCCC1C(=O)Cc1ccncc1. The second kappa shape index (κ2) is 4.36. The summed E-state index contributed by atoms with van der Waals surface area (Å²) in [7, 11) is 0. The summed E-state index contributed by atoms with van der Waals surface area (Å²) in [4.78, 5) is 16.2. The van der Waals surface area contributed by atoms with Gasteiger partial charge in [0, 0.05) is 24.7 Å². The van der Waals surface area contributed by atoms with Crippen molar-refractivity contribution >= 4 is 5.78 Å². The largest absolute Gasteiger partial charge is 0.299 e. The first-order chi connectivity index (χ1) is 7.59. The van der Waals surface area contributed by atoms with Crippen LogP contribution in [0.1, 0.15) is 38.7 Å². The number of rotatable bonds is 3. The topological polar surface area (TPSA) is 30.0 Å². The van der Waals surface area contributed by atoms with Gasteiger partial charge >= 0.3 is 0 Å². The van der Waals surface area contributed by atoms with E-state index in [2.05, 4.69) is 18.8 Å². The molecule has 16 heavy (non-hydrogen) atoms. The Labute approximate surface area is 97.1 Å². The standard InChI is InChI=1S/C14H19NO/c1-14(2)7-3-4-12(14)13(16)10-11-5-8-15-9-6-11/h5-6,8-9,12H,3-4,7,10H2,1-2H3. The molecule has 0 N–H and O–H groups in total. The molecule has 2 heteroatoms. The van der Waals surface area contributed by atoms with Gasteiger partial charge in [0.2, 0.25) is 0 Å². The van der Waals surface area contributed by atoms with Gasteiger partial charge in [-0.2, -0.15) is 0 Å². The van der Waals surface area contributed by atoms with Gasteiger partial charge in [-0.3, -0.25) is 9.78 Å². The molecule has 1 aromatic heterocycles. The first-order valence-corrected chi connectivity index (χ1v) is 6.01. The van der Waals surface area contributed by atoms with Crippen LogP contribution in [0, 0.1) is 11.3 Å². The Kier molecular flexibility index (Phi) is 3.08. The molecule has 0 spiro atoms. The number of aromatic nitrogens is 1. The number of ketones is 1. The van der Waals surface area contributed by atoms with E-state index in [1.807, 2.05) is 12.1 Å². The third-order valence-corrected chi connectivity index (χ3v) is 3.77. The van der Waals surface area contributed by atoms with Gasteiger partial charge in [-0.25, -0.2) is 0 Å². The molecule has 1 unspecified atom stereocenters. The average molecular weight is 217 g/mol. The molecule has 1 atom stereocenters.